The minimum Gasteiger partial charge on any atom is -0.469 e. The van der Waals surface area contributed by atoms with Crippen LogP contribution in [0.25, 0.3) is 17.2 Å². The van der Waals surface area contributed by atoms with Gasteiger partial charge in [-0.2, -0.15) is 0 Å². The van der Waals surface area contributed by atoms with Crippen LogP contribution in [-0.4, -0.2) is 23.8 Å². The second-order valence-electron chi connectivity index (χ2n) is 10.1. The van der Waals surface area contributed by atoms with E-state index in [2.05, 4.69) is 81.4 Å². The van der Waals surface area contributed by atoms with Gasteiger partial charge in [0, 0.05) is 0 Å². The molecule has 3 nitrogen and oxygen atoms in total. The molecule has 3 rings (SSSR count). The maximum Gasteiger partial charge on any atom is 0.309 e. The number of methoxy groups -OCH3 is 1. The summed E-state index contributed by atoms with van der Waals surface area (Å²) in [6, 6.07) is 23.7. The summed E-state index contributed by atoms with van der Waals surface area (Å²) in [5, 5.41) is 10.6. The molecule has 3 heteroatoms. The summed E-state index contributed by atoms with van der Waals surface area (Å²) in [4.78, 5) is 11.7. The van der Waals surface area contributed by atoms with Crippen molar-refractivity contribution < 1.29 is 14.6 Å². The van der Waals surface area contributed by atoms with Crippen LogP contribution < -0.4 is 0 Å². The summed E-state index contributed by atoms with van der Waals surface area (Å²) >= 11 is 0. The number of aryl methyl sites for hydroxylation is 1. The van der Waals surface area contributed by atoms with Gasteiger partial charge in [0.05, 0.1) is 19.1 Å². The summed E-state index contributed by atoms with van der Waals surface area (Å²) in [7, 11) is 1.42. The van der Waals surface area contributed by atoms with E-state index in [1.54, 1.807) is 0 Å². The van der Waals surface area contributed by atoms with Gasteiger partial charge in [0.15, 0.2) is 0 Å². The summed E-state index contributed by atoms with van der Waals surface area (Å²) in [5.74, 6) is 0.556. The van der Waals surface area contributed by atoms with Crippen molar-refractivity contribution in [1.29, 1.82) is 0 Å². The molecular weight excluding hydrogens is 456 g/mol. The number of ether oxygens (including phenoxy) is 1. The van der Waals surface area contributed by atoms with Crippen molar-refractivity contribution in [1.82, 2.24) is 0 Å². The monoisotopic (exact) mass is 498 g/mol. The Kier molecular flexibility index (Phi) is 9.88. The van der Waals surface area contributed by atoms with Gasteiger partial charge in [-0.15, -0.1) is 0 Å². The molecule has 0 heterocycles. The summed E-state index contributed by atoms with van der Waals surface area (Å²) < 4.78 is 4.81. The molecule has 0 aliphatic heterocycles. The molecule has 0 fully saturated rings. The minimum atomic E-state index is -0.736. The lowest BCUT2D eigenvalue weighted by Gasteiger charge is -2.25. The zero-order valence-electron chi connectivity index (χ0n) is 23.3. The summed E-state index contributed by atoms with van der Waals surface area (Å²) in [6.45, 7) is 10.8. The molecule has 0 aromatic heterocycles. The Morgan fingerprint density at radius 2 is 1.62 bits per heavy atom. The quantitative estimate of drug-likeness (QED) is 0.271. The third-order valence-electron chi connectivity index (χ3n) is 7.84. The van der Waals surface area contributed by atoms with Crippen LogP contribution >= 0.6 is 0 Å². The molecule has 0 bridgehead atoms. The van der Waals surface area contributed by atoms with Gasteiger partial charge in [-0.05, 0) is 77.0 Å². The molecule has 0 spiro atoms. The van der Waals surface area contributed by atoms with E-state index in [9.17, 15) is 9.90 Å². The highest BCUT2D eigenvalue weighted by Crippen LogP contribution is 2.37. The first kappa shape index (κ1) is 28.4. The van der Waals surface area contributed by atoms with Crippen LogP contribution in [-0.2, 0) is 16.0 Å². The molecule has 196 valence electrons. The second kappa shape index (κ2) is 12.9. The number of esters is 1. The third kappa shape index (κ3) is 7.20. The first-order valence-electron chi connectivity index (χ1n) is 13.5. The molecule has 0 aliphatic carbocycles. The molecule has 37 heavy (non-hydrogen) atoms. The number of rotatable bonds is 11. The molecule has 0 amide bonds. The fourth-order valence-corrected chi connectivity index (χ4v) is 5.03. The van der Waals surface area contributed by atoms with Crippen molar-refractivity contribution in [2.24, 2.45) is 0 Å². The van der Waals surface area contributed by atoms with Gasteiger partial charge in [0.1, 0.15) is 0 Å². The van der Waals surface area contributed by atoms with Crippen molar-refractivity contribution >= 4 is 12.0 Å². The smallest absolute Gasteiger partial charge is 0.309 e. The molecule has 3 aromatic carbocycles. The van der Waals surface area contributed by atoms with Crippen LogP contribution in [0.5, 0.6) is 0 Å². The zero-order valence-corrected chi connectivity index (χ0v) is 23.3. The second-order valence-corrected chi connectivity index (χ2v) is 10.1. The van der Waals surface area contributed by atoms with E-state index < -0.39 is 5.60 Å². The Morgan fingerprint density at radius 1 is 0.946 bits per heavy atom. The van der Waals surface area contributed by atoms with Crippen LogP contribution in [0.2, 0.25) is 0 Å². The number of carbonyl (C=O) groups is 1. The Balaban J connectivity index is 1.78. The van der Waals surface area contributed by atoms with Gasteiger partial charge in [-0.1, -0.05) is 107 Å². The molecule has 0 aliphatic rings. The van der Waals surface area contributed by atoms with Gasteiger partial charge in [0.25, 0.3) is 0 Å². The van der Waals surface area contributed by atoms with Gasteiger partial charge < -0.3 is 9.84 Å². The van der Waals surface area contributed by atoms with Crippen molar-refractivity contribution in [3.8, 4) is 11.1 Å². The summed E-state index contributed by atoms with van der Waals surface area (Å²) in [6.07, 6.45) is 6.76. The van der Waals surface area contributed by atoms with Crippen LogP contribution in [0, 0.1) is 6.92 Å². The molecule has 3 aromatic rings. The maximum atomic E-state index is 11.7. The molecule has 2 atom stereocenters. The lowest BCUT2D eigenvalue weighted by atomic mass is 9.80. The lowest BCUT2D eigenvalue weighted by Crippen LogP contribution is -2.22. The SMILES string of the molecule is CCC(c1ccc(-c2cccc(CC(=O)OC)c2)cc1)C(C)c1ccc(/C=C/C(O)(CC)CC)c(C)c1. The van der Waals surface area contributed by atoms with Crippen LogP contribution in [0.15, 0.2) is 72.8 Å². The van der Waals surface area contributed by atoms with Crippen molar-refractivity contribution in [2.75, 3.05) is 7.11 Å². The Bertz CT molecular complexity index is 1200. The van der Waals surface area contributed by atoms with Crippen molar-refractivity contribution in [3.63, 3.8) is 0 Å². The average Bonchev–Trinajstić information content (AvgIpc) is 2.93. The normalized spacial score (nSPS) is 13.5. The third-order valence-corrected chi connectivity index (χ3v) is 7.84. The van der Waals surface area contributed by atoms with E-state index >= 15 is 0 Å². The molecule has 0 saturated heterocycles. The van der Waals surface area contributed by atoms with Gasteiger partial charge in [0.2, 0.25) is 0 Å². The lowest BCUT2D eigenvalue weighted by molar-refractivity contribution is -0.139. The number of hydrogen-bond acceptors (Lipinski definition) is 3. The van der Waals surface area contributed by atoms with Gasteiger partial charge >= 0.3 is 5.97 Å². The number of hydrogen-bond donors (Lipinski definition) is 1. The van der Waals surface area contributed by atoms with Crippen molar-refractivity contribution in [2.45, 2.75) is 77.7 Å². The summed E-state index contributed by atoms with van der Waals surface area (Å²) in [5.41, 5.74) is 7.52. The first-order valence-corrected chi connectivity index (χ1v) is 13.5. The Morgan fingerprint density at radius 3 is 2.22 bits per heavy atom. The highest BCUT2D eigenvalue weighted by molar-refractivity contribution is 5.74. The average molecular weight is 499 g/mol. The van der Waals surface area contributed by atoms with Crippen LogP contribution in [0.4, 0.5) is 0 Å². The maximum absolute atomic E-state index is 11.7. The van der Waals surface area contributed by atoms with Gasteiger partial charge in [-0.25, -0.2) is 0 Å². The zero-order chi connectivity index (χ0) is 27.0. The number of benzene rings is 3. The number of carbonyl (C=O) groups excluding carboxylic acids is 1. The highest BCUT2D eigenvalue weighted by atomic mass is 16.5. The molecule has 0 saturated carbocycles. The predicted octanol–water partition coefficient (Wildman–Crippen LogP) is 8.24. The Hall–Kier alpha value is -3.17. The van der Waals surface area contributed by atoms with E-state index in [1.165, 1.54) is 23.8 Å². The van der Waals surface area contributed by atoms with Crippen molar-refractivity contribution in [3.05, 3.63) is 101 Å². The minimum absolute atomic E-state index is 0.227. The van der Waals surface area contributed by atoms with E-state index in [0.717, 1.165) is 28.7 Å². The van der Waals surface area contributed by atoms with Crippen LogP contribution in [0.3, 0.4) is 0 Å². The standard InChI is InChI=1S/C34H42O3/c1-7-32(25(5)30-18-13-27(24(4)21-30)19-20-34(36,8-2)9-3)29-16-14-28(15-17-29)31-12-10-11-26(22-31)23-33(35)37-6/h10-22,25,32,36H,7-9,23H2,1-6H3/b20-19+. The topological polar surface area (TPSA) is 46.5 Å². The van der Waals surface area contributed by atoms with E-state index in [4.69, 9.17) is 4.74 Å². The molecular formula is C34H42O3. The van der Waals surface area contributed by atoms with Gasteiger partial charge in [-0.3, -0.25) is 4.79 Å². The highest BCUT2D eigenvalue weighted by Gasteiger charge is 2.21. The largest absolute Gasteiger partial charge is 0.469 e. The van der Waals surface area contributed by atoms with E-state index in [1.807, 2.05) is 32.1 Å². The van der Waals surface area contributed by atoms with Crippen LogP contribution in [0.1, 0.15) is 86.6 Å². The molecule has 1 N–H and O–H groups in total. The molecule has 0 radical (unpaired) electrons. The fourth-order valence-electron chi connectivity index (χ4n) is 5.03. The van der Waals surface area contributed by atoms with E-state index in [0.29, 0.717) is 24.7 Å². The van der Waals surface area contributed by atoms with E-state index in [-0.39, 0.29) is 12.4 Å². The fraction of sp³-hybridized carbons (Fsp3) is 0.382. The Labute approximate surface area is 223 Å². The predicted molar refractivity (Wildman–Crippen MR) is 155 cm³/mol. The molecule has 2 unspecified atom stereocenters. The first-order chi connectivity index (χ1) is 17.7. The number of aliphatic hydroxyl groups is 1.